The number of fused-ring (bicyclic) bond motifs is 4. The van der Waals surface area contributed by atoms with Crippen LogP contribution in [0.2, 0.25) is 0 Å². The van der Waals surface area contributed by atoms with Gasteiger partial charge in [-0.3, -0.25) is 14.9 Å². The Labute approximate surface area is 751 Å². The zero-order valence-electron chi connectivity index (χ0n) is 71.7. The van der Waals surface area contributed by atoms with Crippen LogP contribution < -0.4 is 54.0 Å². The lowest BCUT2D eigenvalue weighted by molar-refractivity contribution is -0.0497. The van der Waals surface area contributed by atoms with Gasteiger partial charge in [-0.05, 0) is 217 Å². The van der Waals surface area contributed by atoms with Crippen LogP contribution in [0.5, 0.6) is 34.5 Å². The van der Waals surface area contributed by atoms with Crippen molar-refractivity contribution >= 4 is 118 Å². The van der Waals surface area contributed by atoms with E-state index in [1.165, 1.54) is 42.8 Å². The fraction of sp³-hybridized carbons (Fsp3) is 0.296. The maximum absolute atomic E-state index is 12.6. The summed E-state index contributed by atoms with van der Waals surface area (Å²) in [6, 6.07) is 68.2. The molecule has 128 heavy (non-hydrogen) atoms. The van der Waals surface area contributed by atoms with Crippen molar-refractivity contribution in [1.82, 2.24) is 23.6 Å². The van der Waals surface area contributed by atoms with Crippen molar-refractivity contribution in [3.63, 3.8) is 0 Å². The van der Waals surface area contributed by atoms with Gasteiger partial charge >= 0.3 is 24.8 Å². The van der Waals surface area contributed by atoms with E-state index in [1.807, 2.05) is 135 Å². The lowest BCUT2D eigenvalue weighted by atomic mass is 9.92. The van der Waals surface area contributed by atoms with Gasteiger partial charge in [0.1, 0.15) is 58.8 Å². The Morgan fingerprint density at radius 1 is 0.477 bits per heavy atom. The number of alkyl halides is 4. The molecule has 1 saturated heterocycles. The van der Waals surface area contributed by atoms with Gasteiger partial charge in [0, 0.05) is 118 Å². The predicted molar refractivity (Wildman–Crippen MR) is 497 cm³/mol. The molecule has 9 aromatic carbocycles. The van der Waals surface area contributed by atoms with E-state index in [1.54, 1.807) is 79.9 Å². The Morgan fingerprint density at radius 3 is 1.38 bits per heavy atom. The average Bonchev–Trinajstić information content (AvgIpc) is 1.60. The smallest absolute Gasteiger partial charge is 0.417 e. The molecule has 2 saturated carbocycles. The van der Waals surface area contributed by atoms with Crippen LogP contribution in [0.3, 0.4) is 0 Å². The number of ether oxygens (including phenoxy) is 7. The van der Waals surface area contributed by atoms with Gasteiger partial charge in [0.15, 0.2) is 0 Å². The number of nitriles is 4. The molecular formula is C98H97Cl2F2N13O12S. The topological polar surface area (TPSA) is 316 Å². The molecule has 0 atom stereocenters. The number of hydrogen-bond donors (Lipinski definition) is 4. The van der Waals surface area contributed by atoms with E-state index >= 15 is 0 Å². The second-order valence-electron chi connectivity index (χ2n) is 30.2. The van der Waals surface area contributed by atoms with Gasteiger partial charge in [0.25, 0.3) is 0 Å². The summed E-state index contributed by atoms with van der Waals surface area (Å²) in [7, 11) is -0.392. The van der Waals surface area contributed by atoms with E-state index < -0.39 is 28.8 Å². The van der Waals surface area contributed by atoms with Gasteiger partial charge in [-0.25, -0.2) is 22.8 Å². The summed E-state index contributed by atoms with van der Waals surface area (Å²) >= 11 is 11.5. The molecule has 16 rings (SSSR count). The lowest BCUT2D eigenvalue weighted by Gasteiger charge is -2.30. The largest absolute Gasteiger partial charge is 0.497 e. The number of anilines is 4. The molecule has 0 bridgehead atoms. The number of aromatic nitrogens is 4. The van der Waals surface area contributed by atoms with Crippen molar-refractivity contribution < 1.29 is 64.7 Å². The highest BCUT2D eigenvalue weighted by molar-refractivity contribution is 7.93. The highest BCUT2D eigenvalue weighted by atomic mass is 35.5. The first-order valence-electron chi connectivity index (χ1n) is 42.4. The Hall–Kier alpha value is -13.9. The van der Waals surface area contributed by atoms with Gasteiger partial charge in [0.05, 0.1) is 113 Å². The number of nitrogens with one attached hydrogen (secondary N) is 4. The third-order valence-electron chi connectivity index (χ3n) is 22.4. The molecule has 4 aromatic heterocycles. The standard InChI is InChI=1S/C28H26ClN3O4.C27H30N4O2.C22H22ClN3O3.C21H19F2N3O3S/c1-3-32-26-17-23(35-15-5-14-29)12-13-24(26)25(18-30)27(32)19-6-4-7-20(16-19)31-28(33)36-22-10-8-21(34-2)9-11-22;1-2-33-22-14-15-23-24(17-28)26(31(25(23)16-22)21-8-5-9-21)18-10-12-20(13-11-18)30-27(32)29-19-6-3-4-7-19;1-3-26-20-13-17(29-12-4-11-23)9-10-18(20)19(14-24)21(26)15-5-7-16(8-6-15)25-22(27)28-2;1-2-25-19-12-16(29-21(22)23)8-9-17(19)18(13-24)20(25)14-4-6-15(7-5-14)26-10-3-11-30(26,27)28/h4,6-13,16-17H,3,5,14-15H2,1-2H3,(H,31,33);10-16,19,21H,2-9H2,1H3,(H2,29,30,32);5-10,13H,3-4,11-12H2,1-2H3,(H,25,27);4-9,12,21H,2-3,10-11H2,1H3. The highest BCUT2D eigenvalue weighted by Gasteiger charge is 2.32. The van der Waals surface area contributed by atoms with Crippen LogP contribution in [-0.2, 0) is 34.4 Å². The summed E-state index contributed by atoms with van der Waals surface area (Å²) < 4.78 is 96.3. The van der Waals surface area contributed by atoms with Crippen molar-refractivity contribution in [3.05, 3.63) is 216 Å². The summed E-state index contributed by atoms with van der Waals surface area (Å²) in [5.41, 5.74) is 15.0. The Morgan fingerprint density at radius 2 is 0.922 bits per heavy atom. The van der Waals surface area contributed by atoms with Crippen LogP contribution in [0.4, 0.5) is 45.9 Å². The van der Waals surface area contributed by atoms with Crippen LogP contribution in [0.1, 0.15) is 120 Å². The maximum atomic E-state index is 12.6. The maximum Gasteiger partial charge on any atom is 0.417 e. The molecule has 4 N–H and O–H groups in total. The SMILES string of the molecule is CCOc1ccc2c(C#N)c(-c3ccc(NC(=O)NC4CCCC4)cc3)n(C3CCC3)c2c1.CCn1c(-c2ccc(N3CCCS3(=O)=O)cc2)c(C#N)c2ccc(OC(F)F)cc21.CCn1c(-c2ccc(NC(=O)OC)cc2)c(C#N)c2ccc(OCCCCl)cc21.CCn1c(-c2cccc(NC(=O)Oc3ccc(OC)cc3)c2)c(C#N)c2ccc(OCCCCl)cc21. The molecule has 30 heteroatoms. The minimum atomic E-state index is -3.28. The van der Waals surface area contributed by atoms with Gasteiger partial charge in [0.2, 0.25) is 10.0 Å². The van der Waals surface area contributed by atoms with E-state index in [-0.39, 0.29) is 23.6 Å². The number of sulfonamides is 1. The number of carbonyl (C=O) groups is 3. The summed E-state index contributed by atoms with van der Waals surface area (Å²) in [4.78, 5) is 36.2. The number of halogens is 4. The quantitative estimate of drug-likeness (QED) is 0.0275. The summed E-state index contributed by atoms with van der Waals surface area (Å²) in [5, 5.41) is 54.5. The predicted octanol–water partition coefficient (Wildman–Crippen LogP) is 22.9. The van der Waals surface area contributed by atoms with Gasteiger partial charge in [-0.15, -0.1) is 23.2 Å². The number of rotatable bonds is 27. The molecule has 0 unspecified atom stereocenters. The first-order chi connectivity index (χ1) is 62.2. The van der Waals surface area contributed by atoms with Crippen molar-refractivity contribution in [2.45, 2.75) is 130 Å². The number of amides is 4. The molecule has 4 amide bonds. The van der Waals surface area contributed by atoms with E-state index in [0.717, 1.165) is 134 Å². The molecule has 1 aliphatic heterocycles. The van der Waals surface area contributed by atoms with Crippen molar-refractivity contribution in [1.29, 1.82) is 21.0 Å². The number of hydrogen-bond acceptors (Lipinski definition) is 16. The number of nitrogens with zero attached hydrogens (tertiary/aromatic N) is 9. The fourth-order valence-corrected chi connectivity index (χ4v) is 18.2. The number of methoxy groups -OCH3 is 2. The van der Waals surface area contributed by atoms with E-state index in [2.05, 4.69) is 74.8 Å². The Kier molecular flexibility index (Phi) is 30.7. The van der Waals surface area contributed by atoms with Crippen LogP contribution >= 0.6 is 23.2 Å². The third-order valence-corrected chi connectivity index (χ3v) is 24.8. The van der Waals surface area contributed by atoms with Gasteiger partial charge < -0.3 is 62.1 Å². The molecule has 0 radical (unpaired) electrons. The van der Waals surface area contributed by atoms with E-state index in [9.17, 15) is 52.6 Å². The second kappa shape index (κ2) is 42.9. The van der Waals surface area contributed by atoms with Crippen molar-refractivity contribution in [2.75, 3.05) is 78.4 Å². The lowest BCUT2D eigenvalue weighted by Crippen LogP contribution is -2.36. The Bertz CT molecular complexity index is 6460. The normalized spacial score (nSPS) is 13.3. The first-order valence-corrected chi connectivity index (χ1v) is 45.1. The van der Waals surface area contributed by atoms with E-state index in [0.29, 0.717) is 138 Å². The summed E-state index contributed by atoms with van der Waals surface area (Å²) in [6.45, 7) is 9.00. The number of carbonyl (C=O) groups excluding carboxylic acids is 3. The molecule has 660 valence electrons. The number of benzene rings is 9. The third kappa shape index (κ3) is 20.9. The molecule has 3 aliphatic rings. The van der Waals surface area contributed by atoms with Crippen LogP contribution in [0.25, 0.3) is 88.6 Å². The van der Waals surface area contributed by atoms with Crippen molar-refractivity contribution in [3.8, 4) is 104 Å². The van der Waals surface area contributed by atoms with Crippen molar-refractivity contribution in [2.24, 2.45) is 0 Å². The zero-order chi connectivity index (χ0) is 90.5. The summed E-state index contributed by atoms with van der Waals surface area (Å²) in [6.07, 6.45) is 8.88. The first kappa shape index (κ1) is 91.8. The zero-order valence-corrected chi connectivity index (χ0v) is 74.0. The summed E-state index contributed by atoms with van der Waals surface area (Å²) in [5.74, 6) is 4.63. The molecular weight excluding hydrogens is 1690 g/mol. The van der Waals surface area contributed by atoms with Crippen LogP contribution in [-0.4, -0.2) is 116 Å². The second-order valence-corrected chi connectivity index (χ2v) is 33.0. The van der Waals surface area contributed by atoms with Crippen LogP contribution in [0, 0.1) is 45.3 Å². The minimum Gasteiger partial charge on any atom is -0.497 e. The molecule has 25 nitrogen and oxygen atoms in total. The van der Waals surface area contributed by atoms with Gasteiger partial charge in [-0.1, -0.05) is 61.4 Å². The molecule has 3 fully saturated rings. The average molecular weight is 1790 g/mol. The minimum absolute atomic E-state index is 0.0235. The molecule has 0 spiro atoms. The molecule has 13 aromatic rings. The van der Waals surface area contributed by atoms with Crippen LogP contribution in [0.15, 0.2) is 194 Å². The number of urea groups is 1. The molecule has 2 aliphatic carbocycles. The van der Waals surface area contributed by atoms with Gasteiger partial charge in [-0.2, -0.15) is 29.8 Å². The fourth-order valence-electron chi connectivity index (χ4n) is 16.4. The highest BCUT2D eigenvalue weighted by Crippen LogP contribution is 2.46. The molecule has 5 heterocycles. The Balaban J connectivity index is 0.000000146. The van der Waals surface area contributed by atoms with E-state index in [4.69, 9.17) is 46.9 Å². The monoisotopic (exact) mass is 1790 g/mol. The number of aryl methyl sites for hydroxylation is 3.